The van der Waals surface area contributed by atoms with E-state index in [-0.39, 0.29) is 18.6 Å². The molecule has 0 spiro atoms. The zero-order valence-corrected chi connectivity index (χ0v) is 18.2. The number of aliphatic hydroxyl groups excluding tert-OH is 1. The smallest absolute Gasteiger partial charge is 0.242 e. The van der Waals surface area contributed by atoms with Gasteiger partial charge in [-0.2, -0.15) is 0 Å². The molecule has 0 radical (unpaired) electrons. The maximum atomic E-state index is 13.0. The van der Waals surface area contributed by atoms with Crippen LogP contribution in [0.2, 0.25) is 0 Å². The third kappa shape index (κ3) is 3.56. The average molecular weight is 434 g/mol. The van der Waals surface area contributed by atoms with Crippen LogP contribution in [0.1, 0.15) is 12.8 Å². The highest BCUT2D eigenvalue weighted by Gasteiger charge is 2.23. The number of carbonyl (C=O) groups is 1. The number of aliphatic hydroxyl groups is 1. The molecule has 32 heavy (non-hydrogen) atoms. The number of amides is 1. The fourth-order valence-electron chi connectivity index (χ4n) is 4.43. The van der Waals surface area contributed by atoms with Crippen LogP contribution in [0.15, 0.2) is 42.7 Å². The molecular weight excluding hydrogens is 408 g/mol. The number of H-pyrrole nitrogens is 1. The maximum Gasteiger partial charge on any atom is 0.242 e. The third-order valence-electron chi connectivity index (χ3n) is 6.19. The summed E-state index contributed by atoms with van der Waals surface area (Å²) in [4.78, 5) is 22.6. The van der Waals surface area contributed by atoms with E-state index in [1.54, 1.807) is 20.4 Å². The molecule has 1 aromatic carbocycles. The molecule has 0 atom stereocenters. The summed E-state index contributed by atoms with van der Waals surface area (Å²) in [6, 6.07) is 9.84. The molecule has 4 aromatic rings. The van der Waals surface area contributed by atoms with Crippen molar-refractivity contribution >= 4 is 27.8 Å². The number of rotatable bonds is 5. The normalized spacial score (nSPS) is 14.9. The van der Waals surface area contributed by atoms with Crippen LogP contribution >= 0.6 is 0 Å². The van der Waals surface area contributed by atoms with E-state index in [0.717, 1.165) is 33.2 Å². The predicted octanol–water partition coefficient (Wildman–Crippen LogP) is 3.19. The summed E-state index contributed by atoms with van der Waals surface area (Å²) in [6.07, 6.45) is 4.68. The van der Waals surface area contributed by atoms with Gasteiger partial charge in [-0.3, -0.25) is 4.79 Å². The number of methoxy groups -OCH3 is 2. The molecule has 0 saturated carbocycles. The molecule has 8 nitrogen and oxygen atoms in total. The molecule has 1 aliphatic rings. The van der Waals surface area contributed by atoms with E-state index in [9.17, 15) is 9.90 Å². The fourth-order valence-corrected chi connectivity index (χ4v) is 4.43. The van der Waals surface area contributed by atoms with Crippen LogP contribution < -0.4 is 9.47 Å². The molecule has 0 aliphatic carbocycles. The van der Waals surface area contributed by atoms with Crippen molar-refractivity contribution in [3.8, 4) is 22.8 Å². The Bertz CT molecular complexity index is 1250. The topological polar surface area (TPSA) is 92.6 Å². The van der Waals surface area contributed by atoms with E-state index in [0.29, 0.717) is 37.4 Å². The van der Waals surface area contributed by atoms with Crippen LogP contribution in [0.3, 0.4) is 0 Å². The quantitative estimate of drug-likeness (QED) is 0.503. The van der Waals surface area contributed by atoms with E-state index < -0.39 is 0 Å². The summed E-state index contributed by atoms with van der Waals surface area (Å²) in [5.41, 5.74) is 3.57. The van der Waals surface area contributed by atoms with Gasteiger partial charge in [-0.25, -0.2) is 4.98 Å². The minimum atomic E-state index is -0.314. The van der Waals surface area contributed by atoms with Crippen molar-refractivity contribution in [1.29, 1.82) is 0 Å². The molecule has 166 valence electrons. The highest BCUT2D eigenvalue weighted by atomic mass is 16.5. The van der Waals surface area contributed by atoms with Crippen molar-refractivity contribution in [2.75, 3.05) is 27.3 Å². The third-order valence-corrected chi connectivity index (χ3v) is 6.19. The Morgan fingerprint density at radius 3 is 2.66 bits per heavy atom. The highest BCUT2D eigenvalue weighted by molar-refractivity contribution is 6.00. The molecule has 1 fully saturated rings. The van der Waals surface area contributed by atoms with Crippen molar-refractivity contribution in [3.63, 3.8) is 0 Å². The number of carbonyl (C=O) groups excluding carboxylic acids is 1. The van der Waals surface area contributed by atoms with E-state index in [2.05, 4.69) is 16.0 Å². The number of pyridine rings is 1. The number of piperidine rings is 1. The van der Waals surface area contributed by atoms with Crippen LogP contribution in [0.4, 0.5) is 0 Å². The first-order valence-electron chi connectivity index (χ1n) is 10.7. The Hall–Kier alpha value is -3.52. The van der Waals surface area contributed by atoms with Crippen molar-refractivity contribution in [3.05, 3.63) is 42.7 Å². The molecule has 0 bridgehead atoms. The molecule has 2 N–H and O–H groups in total. The zero-order valence-electron chi connectivity index (χ0n) is 18.2. The second-order valence-corrected chi connectivity index (χ2v) is 8.13. The first-order chi connectivity index (χ1) is 15.6. The van der Waals surface area contributed by atoms with Crippen LogP contribution in [-0.4, -0.2) is 63.9 Å². The summed E-state index contributed by atoms with van der Waals surface area (Å²) >= 11 is 0. The van der Waals surface area contributed by atoms with Gasteiger partial charge in [-0.05, 0) is 37.1 Å². The van der Waals surface area contributed by atoms with Crippen molar-refractivity contribution < 1.29 is 19.4 Å². The number of hydrogen-bond acceptors (Lipinski definition) is 5. The number of likely N-dealkylation sites (tertiary alicyclic amines) is 1. The molecule has 1 aliphatic heterocycles. The Morgan fingerprint density at radius 1 is 1.19 bits per heavy atom. The zero-order chi connectivity index (χ0) is 22.2. The summed E-state index contributed by atoms with van der Waals surface area (Å²) < 4.78 is 13.0. The van der Waals surface area contributed by atoms with Gasteiger partial charge in [0.1, 0.15) is 12.2 Å². The second kappa shape index (κ2) is 8.20. The average Bonchev–Trinajstić information content (AvgIpc) is 3.39. The number of nitrogens with one attached hydrogen (secondary N) is 1. The number of benzene rings is 1. The molecule has 0 unspecified atom stereocenters. The van der Waals surface area contributed by atoms with Gasteiger partial charge in [-0.1, -0.05) is 0 Å². The largest absolute Gasteiger partial charge is 0.493 e. The lowest BCUT2D eigenvalue weighted by Gasteiger charge is -2.29. The van der Waals surface area contributed by atoms with E-state index in [1.165, 1.54) is 0 Å². The molecule has 8 heteroatoms. The van der Waals surface area contributed by atoms with E-state index >= 15 is 0 Å². The van der Waals surface area contributed by atoms with Gasteiger partial charge in [0.05, 0.1) is 25.8 Å². The van der Waals surface area contributed by atoms with Crippen molar-refractivity contribution in [1.82, 2.24) is 19.4 Å². The maximum absolute atomic E-state index is 13.0. The van der Waals surface area contributed by atoms with Gasteiger partial charge in [0.25, 0.3) is 0 Å². The lowest BCUT2D eigenvalue weighted by atomic mass is 10.1. The van der Waals surface area contributed by atoms with Crippen molar-refractivity contribution in [2.24, 2.45) is 0 Å². The summed E-state index contributed by atoms with van der Waals surface area (Å²) in [5.74, 6) is 1.27. The molecule has 1 amide bonds. The summed E-state index contributed by atoms with van der Waals surface area (Å²) in [5, 5.41) is 11.7. The van der Waals surface area contributed by atoms with Crippen molar-refractivity contribution in [2.45, 2.75) is 25.5 Å². The molecule has 4 heterocycles. The van der Waals surface area contributed by atoms with Crippen LogP contribution in [0, 0.1) is 0 Å². The monoisotopic (exact) mass is 434 g/mol. The number of nitrogens with zero attached hydrogens (tertiary/aromatic N) is 3. The molecule has 3 aromatic heterocycles. The summed E-state index contributed by atoms with van der Waals surface area (Å²) in [7, 11) is 3.22. The van der Waals surface area contributed by atoms with E-state index in [1.807, 2.05) is 39.9 Å². The minimum absolute atomic E-state index is 0.0356. The van der Waals surface area contributed by atoms with Gasteiger partial charge in [0.15, 0.2) is 11.5 Å². The number of fused-ring (bicyclic) bond motifs is 2. The lowest BCUT2D eigenvalue weighted by molar-refractivity contribution is -0.133. The SMILES string of the molecule is COc1cc2c(-c3cc4cccnc4[nH]3)cn(CC(=O)N3CCC(O)CC3)c2cc1OC. The molecular formula is C24H26N4O4. The van der Waals surface area contributed by atoms with Crippen LogP contribution in [-0.2, 0) is 11.3 Å². The van der Waals surface area contributed by atoms with Gasteiger partial charge < -0.3 is 29.0 Å². The van der Waals surface area contributed by atoms with Gasteiger partial charge >= 0.3 is 0 Å². The minimum Gasteiger partial charge on any atom is -0.493 e. The Balaban J connectivity index is 1.59. The van der Waals surface area contributed by atoms with E-state index in [4.69, 9.17) is 9.47 Å². The van der Waals surface area contributed by atoms with Crippen LogP contribution in [0.25, 0.3) is 33.2 Å². The second-order valence-electron chi connectivity index (χ2n) is 8.13. The van der Waals surface area contributed by atoms with Gasteiger partial charge in [0, 0.05) is 53.6 Å². The Labute approximate surface area is 185 Å². The summed E-state index contributed by atoms with van der Waals surface area (Å²) in [6.45, 7) is 1.37. The number of aromatic amines is 1. The lowest BCUT2D eigenvalue weighted by Crippen LogP contribution is -2.41. The standard InChI is InChI=1S/C24H26N4O4/c1-31-21-11-17-18(19-10-15-4-3-7-25-24(15)26-19)13-28(20(17)12-22(21)32-2)14-23(30)27-8-5-16(29)6-9-27/h3-4,7,10-13,16,29H,5-6,8-9,14H2,1-2H3,(H,25,26). The molecule has 5 rings (SSSR count). The fraction of sp³-hybridized carbons (Fsp3) is 0.333. The number of hydrogen-bond donors (Lipinski definition) is 2. The predicted molar refractivity (Wildman–Crippen MR) is 122 cm³/mol. The number of ether oxygens (including phenoxy) is 2. The van der Waals surface area contributed by atoms with Crippen LogP contribution in [0.5, 0.6) is 11.5 Å². The first-order valence-corrected chi connectivity index (χ1v) is 10.7. The Kier molecular flexibility index (Phi) is 5.22. The first kappa shape index (κ1) is 20.4. The molecule has 1 saturated heterocycles. The number of aromatic nitrogens is 3. The van der Waals surface area contributed by atoms with Gasteiger partial charge in [0.2, 0.25) is 5.91 Å². The Morgan fingerprint density at radius 2 is 1.94 bits per heavy atom. The highest BCUT2D eigenvalue weighted by Crippen LogP contribution is 2.39. The van der Waals surface area contributed by atoms with Gasteiger partial charge in [-0.15, -0.1) is 0 Å².